The van der Waals surface area contributed by atoms with E-state index in [1.807, 2.05) is 13.0 Å². The molecule has 0 amide bonds. The van der Waals surface area contributed by atoms with E-state index >= 15 is 0 Å². The summed E-state index contributed by atoms with van der Waals surface area (Å²) in [7, 11) is 0. The van der Waals surface area contributed by atoms with E-state index in [0.29, 0.717) is 11.0 Å². The van der Waals surface area contributed by atoms with Gasteiger partial charge in [-0.3, -0.25) is 0 Å². The molecule has 1 unspecified atom stereocenters. The van der Waals surface area contributed by atoms with Crippen molar-refractivity contribution in [1.82, 2.24) is 0 Å². The highest BCUT2D eigenvalue weighted by Gasteiger charge is 2.40. The van der Waals surface area contributed by atoms with E-state index in [4.69, 9.17) is 4.42 Å². The van der Waals surface area contributed by atoms with Crippen LogP contribution in [0.15, 0.2) is 20.2 Å². The highest BCUT2D eigenvalue weighted by molar-refractivity contribution is 8.00. The third-order valence-corrected chi connectivity index (χ3v) is 4.52. The van der Waals surface area contributed by atoms with Crippen LogP contribution in [0, 0.1) is 6.92 Å². The van der Waals surface area contributed by atoms with Crippen LogP contribution in [0.25, 0.3) is 0 Å². The molecule has 0 radical (unpaired) electrons. The van der Waals surface area contributed by atoms with Gasteiger partial charge < -0.3 is 4.42 Å². The van der Waals surface area contributed by atoms with Gasteiger partial charge in [-0.25, -0.2) is 4.79 Å². The fourth-order valence-electron chi connectivity index (χ4n) is 1.80. The second-order valence-corrected chi connectivity index (χ2v) is 5.75. The van der Waals surface area contributed by atoms with Crippen LogP contribution in [0.3, 0.4) is 0 Å². The lowest BCUT2D eigenvalue weighted by Gasteiger charge is -2.22. The number of thioether (sulfide) groups is 1. The quantitative estimate of drug-likeness (QED) is 0.659. The van der Waals surface area contributed by atoms with Gasteiger partial charge in [-0.1, -0.05) is 20.8 Å². The molecule has 3 heteroatoms. The van der Waals surface area contributed by atoms with Gasteiger partial charge in [-0.15, -0.1) is 11.8 Å². The smallest absolute Gasteiger partial charge is 0.340 e. The maximum absolute atomic E-state index is 11.7. The van der Waals surface area contributed by atoms with Crippen LogP contribution >= 0.6 is 11.8 Å². The van der Waals surface area contributed by atoms with E-state index in [9.17, 15) is 4.79 Å². The summed E-state index contributed by atoms with van der Waals surface area (Å²) in [6, 6.07) is 1.96. The minimum atomic E-state index is -0.165. The lowest BCUT2D eigenvalue weighted by atomic mass is 9.83. The predicted octanol–water partition coefficient (Wildman–Crippen LogP) is 2.72. The second kappa shape index (κ2) is 2.89. The molecule has 2 nitrogen and oxygen atoms in total. The number of aryl methyl sites for hydroxylation is 1. The Morgan fingerprint density at radius 1 is 1.50 bits per heavy atom. The Morgan fingerprint density at radius 2 is 2.14 bits per heavy atom. The van der Waals surface area contributed by atoms with Gasteiger partial charge in [0, 0.05) is 15.6 Å². The molecule has 1 aliphatic rings. The molecule has 14 heavy (non-hydrogen) atoms. The first-order chi connectivity index (χ1) is 6.43. The standard InChI is InChI=1S/C11H14O2S/c1-6-5-8-9(10(12)13-6)11(3,4)7(2)14-8/h5,7H,1-4H3. The molecule has 0 spiro atoms. The monoisotopic (exact) mass is 210 g/mol. The van der Waals surface area contributed by atoms with Crippen LogP contribution in [-0.2, 0) is 5.41 Å². The van der Waals surface area contributed by atoms with Crippen molar-refractivity contribution in [3.05, 3.63) is 27.8 Å². The summed E-state index contributed by atoms with van der Waals surface area (Å²) in [5.41, 5.74) is 0.608. The Bertz CT molecular complexity index is 431. The summed E-state index contributed by atoms with van der Waals surface area (Å²) < 4.78 is 5.14. The fourth-order valence-corrected chi connectivity index (χ4v) is 3.29. The van der Waals surface area contributed by atoms with Gasteiger partial charge in [0.05, 0.1) is 5.56 Å². The summed E-state index contributed by atoms with van der Waals surface area (Å²) in [6.45, 7) is 8.17. The Hall–Kier alpha value is -0.700. The highest BCUT2D eigenvalue weighted by Crippen LogP contribution is 2.47. The molecule has 1 aromatic rings. The van der Waals surface area contributed by atoms with Crippen LogP contribution in [0.4, 0.5) is 0 Å². The van der Waals surface area contributed by atoms with Gasteiger partial charge in [0.2, 0.25) is 0 Å². The fraction of sp³-hybridized carbons (Fsp3) is 0.545. The summed E-state index contributed by atoms with van der Waals surface area (Å²) in [5.74, 6) is 0.700. The third kappa shape index (κ3) is 1.22. The summed E-state index contributed by atoms with van der Waals surface area (Å²) in [6.07, 6.45) is 0. The van der Waals surface area contributed by atoms with Crippen molar-refractivity contribution in [2.24, 2.45) is 0 Å². The molecular formula is C11H14O2S. The molecule has 0 aromatic carbocycles. The normalized spacial score (nSPS) is 23.6. The minimum absolute atomic E-state index is 0.0751. The van der Waals surface area contributed by atoms with Crippen LogP contribution in [0.5, 0.6) is 0 Å². The average Bonchev–Trinajstić information content (AvgIpc) is 2.21. The van der Waals surface area contributed by atoms with Gasteiger partial charge in [-0.2, -0.15) is 0 Å². The molecule has 0 fully saturated rings. The third-order valence-electron chi connectivity index (χ3n) is 3.00. The van der Waals surface area contributed by atoms with Crippen molar-refractivity contribution in [1.29, 1.82) is 0 Å². The van der Waals surface area contributed by atoms with Crippen molar-refractivity contribution in [3.8, 4) is 0 Å². The molecule has 1 atom stereocenters. The van der Waals surface area contributed by atoms with Crippen molar-refractivity contribution in [2.75, 3.05) is 0 Å². The zero-order chi connectivity index (χ0) is 10.5. The van der Waals surface area contributed by atoms with Crippen LogP contribution < -0.4 is 5.63 Å². The van der Waals surface area contributed by atoms with Crippen molar-refractivity contribution >= 4 is 11.8 Å². The molecule has 76 valence electrons. The zero-order valence-corrected chi connectivity index (χ0v) is 9.70. The minimum Gasteiger partial charge on any atom is -0.428 e. The summed E-state index contributed by atoms with van der Waals surface area (Å²) in [5, 5.41) is 0.433. The number of rotatable bonds is 0. The molecular weight excluding hydrogens is 196 g/mol. The summed E-state index contributed by atoms with van der Waals surface area (Å²) >= 11 is 1.77. The largest absolute Gasteiger partial charge is 0.428 e. The lowest BCUT2D eigenvalue weighted by Crippen LogP contribution is -2.29. The number of hydrogen-bond acceptors (Lipinski definition) is 3. The molecule has 0 saturated heterocycles. The maximum atomic E-state index is 11.7. The average molecular weight is 210 g/mol. The Kier molecular flexibility index (Phi) is 2.03. The van der Waals surface area contributed by atoms with Gasteiger partial charge >= 0.3 is 5.63 Å². The van der Waals surface area contributed by atoms with Gasteiger partial charge in [-0.05, 0) is 13.0 Å². The molecule has 0 aliphatic carbocycles. The topological polar surface area (TPSA) is 30.2 Å². The highest BCUT2D eigenvalue weighted by atomic mass is 32.2. The molecule has 0 N–H and O–H groups in total. The lowest BCUT2D eigenvalue weighted by molar-refractivity contribution is 0.431. The molecule has 2 rings (SSSR count). The van der Waals surface area contributed by atoms with Crippen LogP contribution in [0.1, 0.15) is 32.1 Å². The molecule has 0 bridgehead atoms. The van der Waals surface area contributed by atoms with Crippen LogP contribution in [-0.4, -0.2) is 5.25 Å². The first-order valence-corrected chi connectivity index (χ1v) is 5.63. The Balaban J connectivity index is 2.72. The van der Waals surface area contributed by atoms with Crippen molar-refractivity contribution in [3.63, 3.8) is 0 Å². The van der Waals surface area contributed by atoms with E-state index in [-0.39, 0.29) is 11.0 Å². The van der Waals surface area contributed by atoms with Gasteiger partial charge in [0.25, 0.3) is 0 Å². The molecule has 1 aliphatic heterocycles. The van der Waals surface area contributed by atoms with Gasteiger partial charge in [0.1, 0.15) is 5.76 Å². The van der Waals surface area contributed by atoms with E-state index in [2.05, 4.69) is 20.8 Å². The van der Waals surface area contributed by atoms with E-state index in [1.54, 1.807) is 11.8 Å². The SMILES string of the molecule is Cc1cc2c(c(=O)o1)C(C)(C)C(C)S2. The first-order valence-electron chi connectivity index (χ1n) is 4.75. The Labute approximate surface area is 87.7 Å². The Morgan fingerprint density at radius 3 is 2.79 bits per heavy atom. The molecule has 0 saturated carbocycles. The molecule has 2 heterocycles. The predicted molar refractivity (Wildman–Crippen MR) is 58.1 cm³/mol. The number of fused-ring (bicyclic) bond motifs is 1. The van der Waals surface area contributed by atoms with Gasteiger partial charge in [0.15, 0.2) is 0 Å². The van der Waals surface area contributed by atoms with Crippen molar-refractivity contribution < 1.29 is 4.42 Å². The summed E-state index contributed by atoms with van der Waals surface area (Å²) in [4.78, 5) is 12.8. The zero-order valence-electron chi connectivity index (χ0n) is 8.88. The van der Waals surface area contributed by atoms with E-state index in [0.717, 1.165) is 10.5 Å². The molecule has 1 aromatic heterocycles. The first kappa shape index (κ1) is 9.84. The maximum Gasteiger partial charge on any atom is 0.340 e. The second-order valence-electron chi connectivity index (χ2n) is 4.37. The van der Waals surface area contributed by atoms with E-state index in [1.165, 1.54) is 0 Å². The van der Waals surface area contributed by atoms with Crippen molar-refractivity contribution in [2.45, 2.75) is 43.3 Å². The van der Waals surface area contributed by atoms with E-state index < -0.39 is 0 Å². The number of hydrogen-bond donors (Lipinski definition) is 0. The van der Waals surface area contributed by atoms with Crippen LogP contribution in [0.2, 0.25) is 0 Å².